The Hall–Kier alpha value is -0.330. The molecule has 66 valence electrons. The molecule has 0 aromatic heterocycles. The van der Waals surface area contributed by atoms with E-state index in [1.165, 1.54) is 22.6 Å². The first-order valence-corrected chi connectivity index (χ1v) is 4.03. The molecule has 5 heteroatoms. The van der Waals surface area contributed by atoms with E-state index in [9.17, 15) is 17.6 Å². The first-order valence-electron chi connectivity index (χ1n) is 2.95. The van der Waals surface area contributed by atoms with Gasteiger partial charge in [0.25, 0.3) is 6.43 Å². The van der Waals surface area contributed by atoms with Gasteiger partial charge < -0.3 is 0 Å². The third-order valence-electron chi connectivity index (χ3n) is 1.30. The van der Waals surface area contributed by atoms with E-state index in [4.69, 9.17) is 0 Å². The lowest BCUT2D eigenvalue weighted by Gasteiger charge is -2.03. The first-order chi connectivity index (χ1) is 5.54. The maximum absolute atomic E-state index is 12.6. The Labute approximate surface area is 79.7 Å². The molecule has 0 atom stereocenters. The molecule has 0 fully saturated rings. The molecule has 0 unspecified atom stereocenters. The molecule has 0 heterocycles. The maximum Gasteiger partial charge on any atom is 0.264 e. The summed E-state index contributed by atoms with van der Waals surface area (Å²) >= 11 is 1.35. The number of hydrogen-bond donors (Lipinski definition) is 0. The second kappa shape index (κ2) is 3.59. The van der Waals surface area contributed by atoms with Gasteiger partial charge in [0, 0.05) is 5.56 Å². The van der Waals surface area contributed by atoms with Gasteiger partial charge in [0.2, 0.25) is 0 Å². The van der Waals surface area contributed by atoms with Crippen molar-refractivity contribution in [2.75, 3.05) is 0 Å². The lowest BCUT2D eigenvalue weighted by molar-refractivity contribution is 0.149. The summed E-state index contributed by atoms with van der Waals surface area (Å²) in [5.41, 5.74) is -0.477. The summed E-state index contributed by atoms with van der Waals surface area (Å²) in [6.45, 7) is 0. The SMILES string of the molecule is Fc1ccc(C(F)F)c(I)c1F. The van der Waals surface area contributed by atoms with Gasteiger partial charge in [-0.1, -0.05) is 0 Å². The number of hydrogen-bond acceptors (Lipinski definition) is 0. The molecule has 0 aliphatic heterocycles. The lowest BCUT2D eigenvalue weighted by atomic mass is 10.2. The van der Waals surface area contributed by atoms with Crippen LogP contribution in [0.5, 0.6) is 0 Å². The Bertz CT molecular complexity index is 298. The quantitative estimate of drug-likeness (QED) is 0.422. The lowest BCUT2D eigenvalue weighted by Crippen LogP contribution is -1.96. The van der Waals surface area contributed by atoms with Crippen LogP contribution in [-0.2, 0) is 0 Å². The third kappa shape index (κ3) is 1.70. The van der Waals surface area contributed by atoms with Crippen LogP contribution in [0.15, 0.2) is 12.1 Å². The molecule has 0 radical (unpaired) electrons. The van der Waals surface area contributed by atoms with Crippen LogP contribution in [0.4, 0.5) is 17.6 Å². The molecule has 1 aromatic rings. The van der Waals surface area contributed by atoms with E-state index in [0.717, 1.165) is 6.07 Å². The van der Waals surface area contributed by atoms with Crippen LogP contribution in [0.2, 0.25) is 0 Å². The fourth-order valence-electron chi connectivity index (χ4n) is 0.709. The zero-order chi connectivity index (χ0) is 9.30. The third-order valence-corrected chi connectivity index (χ3v) is 2.40. The second-order valence-corrected chi connectivity index (χ2v) is 3.14. The normalized spacial score (nSPS) is 10.8. The zero-order valence-electron chi connectivity index (χ0n) is 5.62. The van der Waals surface area contributed by atoms with E-state index in [1.54, 1.807) is 0 Å². The molecule has 0 aliphatic carbocycles. The van der Waals surface area contributed by atoms with Crippen molar-refractivity contribution in [1.82, 2.24) is 0 Å². The van der Waals surface area contributed by atoms with Crippen molar-refractivity contribution in [2.24, 2.45) is 0 Å². The summed E-state index contributed by atoms with van der Waals surface area (Å²) < 4.78 is 48.8. The van der Waals surface area contributed by atoms with E-state index in [-0.39, 0.29) is 3.57 Å². The van der Waals surface area contributed by atoms with Crippen molar-refractivity contribution in [3.05, 3.63) is 32.9 Å². The van der Waals surface area contributed by atoms with Crippen molar-refractivity contribution in [3.8, 4) is 0 Å². The van der Waals surface area contributed by atoms with Crippen molar-refractivity contribution in [3.63, 3.8) is 0 Å². The Morgan fingerprint density at radius 1 is 1.17 bits per heavy atom. The van der Waals surface area contributed by atoms with Crippen molar-refractivity contribution in [1.29, 1.82) is 0 Å². The molecule has 0 amide bonds. The van der Waals surface area contributed by atoms with Gasteiger partial charge in [-0.3, -0.25) is 0 Å². The van der Waals surface area contributed by atoms with Crippen LogP contribution in [-0.4, -0.2) is 0 Å². The number of halogens is 5. The van der Waals surface area contributed by atoms with Gasteiger partial charge >= 0.3 is 0 Å². The van der Waals surface area contributed by atoms with Crippen LogP contribution in [0.25, 0.3) is 0 Å². The van der Waals surface area contributed by atoms with Gasteiger partial charge in [-0.25, -0.2) is 17.6 Å². The summed E-state index contributed by atoms with van der Waals surface area (Å²) in [5, 5.41) is 0. The van der Waals surface area contributed by atoms with Gasteiger partial charge in [-0.05, 0) is 34.7 Å². The Morgan fingerprint density at radius 2 is 1.75 bits per heavy atom. The fraction of sp³-hybridized carbons (Fsp3) is 0.143. The largest absolute Gasteiger partial charge is 0.264 e. The fourth-order valence-corrected chi connectivity index (χ4v) is 1.38. The summed E-state index contributed by atoms with van der Waals surface area (Å²) in [6, 6.07) is 1.57. The molecule has 0 spiro atoms. The molecular formula is C7H3F4I. The summed E-state index contributed by atoms with van der Waals surface area (Å²) in [5.74, 6) is -2.32. The summed E-state index contributed by atoms with van der Waals surface area (Å²) in [6.07, 6.45) is -2.77. The molecule has 12 heavy (non-hydrogen) atoms. The van der Waals surface area contributed by atoms with Crippen LogP contribution in [0.3, 0.4) is 0 Å². The minimum absolute atomic E-state index is 0.359. The molecule has 0 N–H and O–H groups in total. The van der Waals surface area contributed by atoms with Gasteiger partial charge in [-0.15, -0.1) is 0 Å². The van der Waals surface area contributed by atoms with E-state index in [2.05, 4.69) is 0 Å². The van der Waals surface area contributed by atoms with E-state index in [0.29, 0.717) is 6.07 Å². The van der Waals surface area contributed by atoms with E-state index < -0.39 is 23.6 Å². The van der Waals surface area contributed by atoms with Crippen LogP contribution >= 0.6 is 22.6 Å². The molecule has 1 aromatic carbocycles. The summed E-state index contributed by atoms with van der Waals surface area (Å²) in [7, 11) is 0. The van der Waals surface area contributed by atoms with Gasteiger partial charge in [-0.2, -0.15) is 0 Å². The molecule has 0 nitrogen and oxygen atoms in total. The Balaban J connectivity index is 3.27. The molecule has 0 saturated heterocycles. The average molecular weight is 290 g/mol. The minimum atomic E-state index is -2.77. The molecule has 0 bridgehead atoms. The maximum atomic E-state index is 12.6. The average Bonchev–Trinajstić information content (AvgIpc) is 2.00. The zero-order valence-corrected chi connectivity index (χ0v) is 7.78. The van der Waals surface area contributed by atoms with Crippen LogP contribution < -0.4 is 0 Å². The topological polar surface area (TPSA) is 0 Å². The van der Waals surface area contributed by atoms with Crippen LogP contribution in [0, 0.1) is 15.2 Å². The molecule has 1 rings (SSSR count). The monoisotopic (exact) mass is 290 g/mol. The van der Waals surface area contributed by atoms with Crippen molar-refractivity contribution >= 4 is 22.6 Å². The highest BCUT2D eigenvalue weighted by atomic mass is 127. The number of rotatable bonds is 1. The smallest absolute Gasteiger partial charge is 0.205 e. The Morgan fingerprint density at radius 3 is 2.25 bits per heavy atom. The highest BCUT2D eigenvalue weighted by molar-refractivity contribution is 14.1. The number of alkyl halides is 2. The predicted octanol–water partition coefficient (Wildman–Crippen LogP) is 3.51. The highest BCUT2D eigenvalue weighted by Crippen LogP contribution is 2.27. The highest BCUT2D eigenvalue weighted by Gasteiger charge is 2.17. The molecular weight excluding hydrogens is 287 g/mol. The molecule has 0 aliphatic rings. The van der Waals surface area contributed by atoms with Gasteiger partial charge in [0.1, 0.15) is 0 Å². The van der Waals surface area contributed by atoms with Crippen LogP contribution in [0.1, 0.15) is 12.0 Å². The van der Waals surface area contributed by atoms with E-state index in [1.807, 2.05) is 0 Å². The minimum Gasteiger partial charge on any atom is -0.205 e. The molecule has 0 saturated carbocycles. The summed E-state index contributed by atoms with van der Waals surface area (Å²) in [4.78, 5) is 0. The first kappa shape index (κ1) is 9.76. The predicted molar refractivity (Wildman–Crippen MR) is 44.0 cm³/mol. The van der Waals surface area contributed by atoms with Crippen molar-refractivity contribution in [2.45, 2.75) is 6.43 Å². The second-order valence-electron chi connectivity index (χ2n) is 2.07. The van der Waals surface area contributed by atoms with E-state index >= 15 is 0 Å². The standard InChI is InChI=1S/C7H3F4I/c8-4-2-1-3(7(10)11)6(12)5(4)9/h1-2,7H. The number of benzene rings is 1. The van der Waals surface area contributed by atoms with Gasteiger partial charge in [0.15, 0.2) is 11.6 Å². The Kier molecular flexibility index (Phi) is 2.92. The van der Waals surface area contributed by atoms with Gasteiger partial charge in [0.05, 0.1) is 3.57 Å². The van der Waals surface area contributed by atoms with Crippen molar-refractivity contribution < 1.29 is 17.6 Å².